The van der Waals surface area contributed by atoms with E-state index in [1.807, 2.05) is 0 Å². The van der Waals surface area contributed by atoms with E-state index in [0.717, 1.165) is 7.05 Å². The molecule has 0 aliphatic carbocycles. The molecule has 1 saturated heterocycles. The molecule has 0 bridgehead atoms. The third-order valence-corrected chi connectivity index (χ3v) is 1.61. The van der Waals surface area contributed by atoms with E-state index in [0.29, 0.717) is 4.90 Å². The van der Waals surface area contributed by atoms with Crippen LogP contribution in [-0.4, -0.2) is 36.7 Å². The van der Waals surface area contributed by atoms with Gasteiger partial charge in [0.25, 0.3) is 0 Å². The van der Waals surface area contributed by atoms with Gasteiger partial charge < -0.3 is 10.2 Å². The summed E-state index contributed by atoms with van der Waals surface area (Å²) in [6, 6.07) is -2.35. The number of likely N-dealkylation sites (N-methyl/N-ethyl adjacent to an activating group) is 1. The second-order valence-corrected chi connectivity index (χ2v) is 2.35. The summed E-state index contributed by atoms with van der Waals surface area (Å²) in [6.07, 6.45) is -4.33. The van der Waals surface area contributed by atoms with Crippen LogP contribution in [-0.2, 0) is 0 Å². The molecular formula is C5H7F3N2O. The molecule has 1 fully saturated rings. The van der Waals surface area contributed by atoms with Crippen molar-refractivity contribution in [3.05, 3.63) is 0 Å². The zero-order valence-corrected chi connectivity index (χ0v) is 5.77. The Kier molecular flexibility index (Phi) is 1.69. The highest BCUT2D eigenvalue weighted by atomic mass is 19.4. The van der Waals surface area contributed by atoms with Crippen LogP contribution in [0.4, 0.5) is 18.0 Å². The van der Waals surface area contributed by atoms with E-state index in [-0.39, 0.29) is 6.54 Å². The molecule has 1 unspecified atom stereocenters. The number of hydrogen-bond donors (Lipinski definition) is 1. The van der Waals surface area contributed by atoms with Gasteiger partial charge in [-0.2, -0.15) is 13.2 Å². The van der Waals surface area contributed by atoms with Crippen molar-refractivity contribution < 1.29 is 18.0 Å². The lowest BCUT2D eigenvalue weighted by molar-refractivity contribution is -0.165. The fourth-order valence-corrected chi connectivity index (χ4v) is 0.922. The summed E-state index contributed by atoms with van der Waals surface area (Å²) in [7, 11) is 1.13. The maximum absolute atomic E-state index is 12.0. The first kappa shape index (κ1) is 8.16. The predicted octanol–water partition coefficient (Wildman–Crippen LogP) is 0.572. The summed E-state index contributed by atoms with van der Waals surface area (Å²) in [6.45, 7) is -0.348. The van der Waals surface area contributed by atoms with E-state index >= 15 is 0 Å². The molecule has 64 valence electrons. The highest BCUT2D eigenvalue weighted by Gasteiger charge is 2.47. The molecule has 0 aromatic heterocycles. The average molecular weight is 168 g/mol. The number of nitrogens with one attached hydrogen (secondary N) is 1. The van der Waals surface area contributed by atoms with Crippen LogP contribution in [0.1, 0.15) is 0 Å². The van der Waals surface area contributed by atoms with Gasteiger partial charge in [0.05, 0.1) is 0 Å². The Labute approximate surface area is 61.2 Å². The van der Waals surface area contributed by atoms with Crippen molar-refractivity contribution in [3.8, 4) is 0 Å². The standard InChI is InChI=1S/C5H7F3N2O/c1-10-3(5(6,7)8)2-9-4(10)11/h3H,2H2,1H3,(H,9,11). The van der Waals surface area contributed by atoms with Crippen LogP contribution in [0.25, 0.3) is 0 Å². The molecule has 11 heavy (non-hydrogen) atoms. The molecule has 1 aliphatic rings. The third kappa shape index (κ3) is 1.38. The van der Waals surface area contributed by atoms with Gasteiger partial charge in [0.15, 0.2) is 0 Å². The van der Waals surface area contributed by atoms with E-state index in [4.69, 9.17) is 0 Å². The molecule has 1 aliphatic heterocycles. The van der Waals surface area contributed by atoms with Gasteiger partial charge in [0.2, 0.25) is 0 Å². The number of carbonyl (C=O) groups is 1. The highest BCUT2D eigenvalue weighted by molar-refractivity contribution is 5.76. The summed E-state index contributed by atoms with van der Waals surface area (Å²) in [5.74, 6) is 0. The van der Waals surface area contributed by atoms with Crippen molar-refractivity contribution in [1.82, 2.24) is 10.2 Å². The Morgan fingerprint density at radius 1 is 1.64 bits per heavy atom. The molecule has 1 heterocycles. The van der Waals surface area contributed by atoms with Crippen LogP contribution < -0.4 is 5.32 Å². The van der Waals surface area contributed by atoms with Crippen molar-refractivity contribution in [1.29, 1.82) is 0 Å². The lowest BCUT2D eigenvalue weighted by atomic mass is 10.3. The van der Waals surface area contributed by atoms with Crippen LogP contribution in [0.5, 0.6) is 0 Å². The van der Waals surface area contributed by atoms with E-state index in [1.54, 1.807) is 0 Å². The number of amides is 2. The van der Waals surface area contributed by atoms with Gasteiger partial charge >= 0.3 is 12.2 Å². The topological polar surface area (TPSA) is 32.3 Å². The van der Waals surface area contributed by atoms with Gasteiger partial charge in [0, 0.05) is 13.6 Å². The number of carbonyl (C=O) groups excluding carboxylic acids is 1. The lowest BCUT2D eigenvalue weighted by Gasteiger charge is -2.20. The van der Waals surface area contributed by atoms with E-state index in [1.165, 1.54) is 0 Å². The highest BCUT2D eigenvalue weighted by Crippen LogP contribution is 2.25. The van der Waals surface area contributed by atoms with Gasteiger partial charge in [-0.3, -0.25) is 0 Å². The quantitative estimate of drug-likeness (QED) is 0.563. The van der Waals surface area contributed by atoms with Gasteiger partial charge in [-0.05, 0) is 0 Å². The zero-order chi connectivity index (χ0) is 8.65. The lowest BCUT2D eigenvalue weighted by Crippen LogP contribution is -2.41. The first-order chi connectivity index (χ1) is 4.93. The molecule has 1 atom stereocenters. The van der Waals surface area contributed by atoms with Crippen LogP contribution >= 0.6 is 0 Å². The first-order valence-electron chi connectivity index (χ1n) is 3.00. The van der Waals surface area contributed by atoms with Crippen LogP contribution in [0.2, 0.25) is 0 Å². The number of urea groups is 1. The van der Waals surface area contributed by atoms with Crippen molar-refractivity contribution in [3.63, 3.8) is 0 Å². The van der Waals surface area contributed by atoms with Gasteiger partial charge in [-0.1, -0.05) is 0 Å². The Hall–Kier alpha value is -0.940. The number of rotatable bonds is 0. The van der Waals surface area contributed by atoms with Crippen molar-refractivity contribution in [2.75, 3.05) is 13.6 Å². The number of nitrogens with zero attached hydrogens (tertiary/aromatic N) is 1. The Morgan fingerprint density at radius 2 is 2.18 bits per heavy atom. The molecular weight excluding hydrogens is 161 g/mol. The molecule has 1 N–H and O–H groups in total. The summed E-state index contributed by atoms with van der Waals surface area (Å²) in [4.78, 5) is 11.2. The second kappa shape index (κ2) is 2.28. The largest absolute Gasteiger partial charge is 0.410 e. The third-order valence-electron chi connectivity index (χ3n) is 1.61. The first-order valence-corrected chi connectivity index (χ1v) is 3.00. The minimum Gasteiger partial charge on any atom is -0.336 e. The monoisotopic (exact) mass is 168 g/mol. The smallest absolute Gasteiger partial charge is 0.336 e. The molecule has 3 nitrogen and oxygen atoms in total. The minimum atomic E-state index is -4.33. The zero-order valence-electron chi connectivity index (χ0n) is 5.77. The molecule has 0 radical (unpaired) electrons. The molecule has 1 rings (SSSR count). The SMILES string of the molecule is CN1C(=O)NCC1C(F)(F)F. The minimum absolute atomic E-state index is 0.348. The summed E-state index contributed by atoms with van der Waals surface area (Å²) < 4.78 is 35.9. The maximum atomic E-state index is 12.0. The Bertz CT molecular complexity index is 179. The number of hydrogen-bond acceptors (Lipinski definition) is 1. The van der Waals surface area contributed by atoms with Gasteiger partial charge in [0.1, 0.15) is 6.04 Å². The second-order valence-electron chi connectivity index (χ2n) is 2.35. The van der Waals surface area contributed by atoms with Gasteiger partial charge in [-0.15, -0.1) is 0 Å². The van der Waals surface area contributed by atoms with Gasteiger partial charge in [-0.25, -0.2) is 4.79 Å². The van der Waals surface area contributed by atoms with Crippen molar-refractivity contribution in [2.45, 2.75) is 12.2 Å². The number of alkyl halides is 3. The van der Waals surface area contributed by atoms with Crippen molar-refractivity contribution in [2.24, 2.45) is 0 Å². The number of halogens is 3. The fourth-order valence-electron chi connectivity index (χ4n) is 0.922. The molecule has 2 amide bonds. The van der Waals surface area contributed by atoms with E-state index in [9.17, 15) is 18.0 Å². The van der Waals surface area contributed by atoms with E-state index < -0.39 is 18.2 Å². The maximum Gasteiger partial charge on any atom is 0.410 e. The van der Waals surface area contributed by atoms with E-state index in [2.05, 4.69) is 5.32 Å². The normalized spacial score (nSPS) is 25.6. The Balaban J connectivity index is 2.70. The molecule has 6 heteroatoms. The summed E-state index contributed by atoms with van der Waals surface area (Å²) >= 11 is 0. The fraction of sp³-hybridized carbons (Fsp3) is 0.800. The van der Waals surface area contributed by atoms with Crippen molar-refractivity contribution >= 4 is 6.03 Å². The summed E-state index contributed by atoms with van der Waals surface area (Å²) in [5.41, 5.74) is 0. The average Bonchev–Trinajstić information content (AvgIpc) is 2.11. The predicted molar refractivity (Wildman–Crippen MR) is 31.0 cm³/mol. The van der Waals surface area contributed by atoms with Crippen LogP contribution in [0, 0.1) is 0 Å². The molecule has 0 saturated carbocycles. The van der Waals surface area contributed by atoms with Crippen LogP contribution in [0.3, 0.4) is 0 Å². The Morgan fingerprint density at radius 3 is 2.36 bits per heavy atom. The van der Waals surface area contributed by atoms with Crippen LogP contribution in [0.15, 0.2) is 0 Å². The molecule has 0 aromatic rings. The molecule has 0 aromatic carbocycles. The summed E-state index contributed by atoms with van der Waals surface area (Å²) in [5, 5.41) is 2.09. The molecule has 0 spiro atoms.